The topological polar surface area (TPSA) is 37.3 Å². The first-order chi connectivity index (χ1) is 9.70. The molecule has 3 heteroatoms. The molecule has 0 saturated carbocycles. The van der Waals surface area contributed by atoms with Crippen molar-refractivity contribution in [1.82, 2.24) is 0 Å². The van der Waals surface area contributed by atoms with Gasteiger partial charge < -0.3 is 5.11 Å². The number of benzene rings is 2. The highest BCUT2D eigenvalue weighted by molar-refractivity contribution is 6.11. The summed E-state index contributed by atoms with van der Waals surface area (Å²) in [5.74, 6) is -0.441. The third-order valence-electron chi connectivity index (χ3n) is 2.92. The minimum absolute atomic E-state index is 0.106. The Kier molecular flexibility index (Phi) is 4.80. The molecule has 0 unspecified atom stereocenters. The van der Waals surface area contributed by atoms with Crippen LogP contribution < -0.4 is 0 Å². The number of ketones is 1. The zero-order valence-electron chi connectivity index (χ0n) is 10.9. The highest BCUT2D eigenvalue weighted by Gasteiger charge is 2.11. The number of aliphatic hydroxyl groups excluding tert-OH is 1. The van der Waals surface area contributed by atoms with Crippen molar-refractivity contribution >= 4 is 11.9 Å². The number of hydrogen-bond donors (Lipinski definition) is 1. The highest BCUT2D eigenvalue weighted by Crippen LogP contribution is 2.16. The largest absolute Gasteiger partial charge is 0.396 e. The van der Waals surface area contributed by atoms with Crippen LogP contribution in [0.3, 0.4) is 0 Å². The molecule has 0 heterocycles. The molecule has 0 aromatic heterocycles. The van der Waals surface area contributed by atoms with E-state index in [2.05, 4.69) is 0 Å². The lowest BCUT2D eigenvalue weighted by atomic mass is 9.99. The smallest absolute Gasteiger partial charge is 0.189 e. The zero-order chi connectivity index (χ0) is 14.4. The van der Waals surface area contributed by atoms with Crippen LogP contribution >= 0.6 is 0 Å². The number of aliphatic hydroxyl groups is 1. The van der Waals surface area contributed by atoms with E-state index in [0.29, 0.717) is 11.1 Å². The predicted octanol–water partition coefficient (Wildman–Crippen LogP) is 3.47. The minimum atomic E-state index is -0.319. The van der Waals surface area contributed by atoms with Gasteiger partial charge in [-0.1, -0.05) is 42.5 Å². The van der Waals surface area contributed by atoms with Crippen LogP contribution in [0.2, 0.25) is 0 Å². The lowest BCUT2D eigenvalue weighted by Gasteiger charge is -2.06. The second-order valence-electron chi connectivity index (χ2n) is 4.39. The Morgan fingerprint density at radius 2 is 1.70 bits per heavy atom. The van der Waals surface area contributed by atoms with Crippen LogP contribution in [0, 0.1) is 5.82 Å². The molecule has 2 nitrogen and oxygen atoms in total. The average molecular weight is 270 g/mol. The van der Waals surface area contributed by atoms with Gasteiger partial charge >= 0.3 is 0 Å². The van der Waals surface area contributed by atoms with E-state index < -0.39 is 0 Å². The van der Waals surface area contributed by atoms with Crippen molar-refractivity contribution in [3.8, 4) is 0 Å². The van der Waals surface area contributed by atoms with Gasteiger partial charge in [-0.3, -0.25) is 4.79 Å². The number of carbonyl (C=O) groups excluding carboxylic acids is 1. The number of Topliss-reactive ketones (excluding diaryl/α,β-unsaturated/α-hetero) is 1. The average Bonchev–Trinajstić information content (AvgIpc) is 2.49. The molecule has 0 radical (unpaired) electrons. The summed E-state index contributed by atoms with van der Waals surface area (Å²) in [7, 11) is 0. The molecule has 0 bridgehead atoms. The molecule has 0 saturated heterocycles. The maximum atomic E-state index is 12.9. The molecule has 0 amide bonds. The van der Waals surface area contributed by atoms with E-state index in [-0.39, 0.29) is 24.6 Å². The van der Waals surface area contributed by atoms with Crippen molar-refractivity contribution in [2.24, 2.45) is 0 Å². The van der Waals surface area contributed by atoms with Gasteiger partial charge in [-0.2, -0.15) is 0 Å². The fraction of sp³-hybridized carbons (Fsp3) is 0.118. The van der Waals surface area contributed by atoms with Crippen LogP contribution in [0.25, 0.3) is 6.08 Å². The Labute approximate surface area is 117 Å². The fourth-order valence-corrected chi connectivity index (χ4v) is 1.91. The zero-order valence-corrected chi connectivity index (χ0v) is 10.9. The molecule has 2 rings (SSSR count). The van der Waals surface area contributed by atoms with Crippen LogP contribution in [0.4, 0.5) is 4.39 Å². The maximum Gasteiger partial charge on any atom is 0.189 e. The molecule has 0 aliphatic heterocycles. The van der Waals surface area contributed by atoms with Crippen molar-refractivity contribution in [2.45, 2.75) is 6.42 Å². The molecule has 1 N–H and O–H groups in total. The van der Waals surface area contributed by atoms with Gasteiger partial charge in [0.15, 0.2) is 5.78 Å². The monoisotopic (exact) mass is 270 g/mol. The lowest BCUT2D eigenvalue weighted by Crippen LogP contribution is -2.05. The van der Waals surface area contributed by atoms with Crippen molar-refractivity contribution in [2.75, 3.05) is 6.61 Å². The molecule has 0 atom stereocenters. The molecular weight excluding hydrogens is 255 g/mol. The van der Waals surface area contributed by atoms with Gasteiger partial charge in [0.1, 0.15) is 5.82 Å². The van der Waals surface area contributed by atoms with Crippen molar-refractivity contribution in [1.29, 1.82) is 0 Å². The normalized spacial score (nSPS) is 11.4. The minimum Gasteiger partial charge on any atom is -0.396 e. The summed E-state index contributed by atoms with van der Waals surface area (Å²) in [5, 5.41) is 9.10. The predicted molar refractivity (Wildman–Crippen MR) is 76.9 cm³/mol. The first-order valence-corrected chi connectivity index (χ1v) is 6.37. The van der Waals surface area contributed by atoms with Crippen LogP contribution in [0.15, 0.2) is 60.2 Å². The first-order valence-electron chi connectivity index (χ1n) is 6.37. The van der Waals surface area contributed by atoms with E-state index in [9.17, 15) is 9.18 Å². The van der Waals surface area contributed by atoms with Crippen LogP contribution in [-0.4, -0.2) is 17.5 Å². The Hall–Kier alpha value is -2.26. The Morgan fingerprint density at radius 3 is 2.30 bits per heavy atom. The third-order valence-corrected chi connectivity index (χ3v) is 2.92. The maximum absolute atomic E-state index is 12.9. The molecule has 20 heavy (non-hydrogen) atoms. The summed E-state index contributed by atoms with van der Waals surface area (Å²) in [5.41, 5.74) is 1.82. The molecule has 0 aliphatic rings. The number of hydrogen-bond acceptors (Lipinski definition) is 2. The van der Waals surface area contributed by atoms with Crippen molar-refractivity contribution in [3.63, 3.8) is 0 Å². The van der Waals surface area contributed by atoms with Gasteiger partial charge in [0.25, 0.3) is 0 Å². The summed E-state index contributed by atoms with van der Waals surface area (Å²) in [6.07, 6.45) is 1.95. The van der Waals surface area contributed by atoms with Crippen LogP contribution in [0.5, 0.6) is 0 Å². The fourth-order valence-electron chi connectivity index (χ4n) is 1.91. The van der Waals surface area contributed by atoms with Crippen molar-refractivity contribution in [3.05, 3.63) is 77.1 Å². The van der Waals surface area contributed by atoms with Gasteiger partial charge in [0, 0.05) is 17.7 Å². The van der Waals surface area contributed by atoms with E-state index in [1.165, 1.54) is 12.1 Å². The molecular formula is C17H15FO2. The van der Waals surface area contributed by atoms with Gasteiger partial charge in [-0.25, -0.2) is 4.39 Å². The Bertz CT molecular complexity index is 601. The SMILES string of the molecule is O=C(/C(=C\c1ccc(F)cc1)CCO)c1ccccc1. The van der Waals surface area contributed by atoms with Crippen molar-refractivity contribution < 1.29 is 14.3 Å². The van der Waals surface area contributed by atoms with Crippen LogP contribution in [0.1, 0.15) is 22.3 Å². The molecule has 2 aromatic carbocycles. The molecule has 0 fully saturated rings. The van der Waals surface area contributed by atoms with E-state index in [1.807, 2.05) is 6.07 Å². The molecule has 2 aromatic rings. The van der Waals surface area contributed by atoms with Gasteiger partial charge in [0.05, 0.1) is 0 Å². The summed E-state index contributed by atoms with van der Waals surface area (Å²) in [6.45, 7) is -0.106. The number of halogens is 1. The first kappa shape index (κ1) is 14.2. The summed E-state index contributed by atoms with van der Waals surface area (Å²) in [6, 6.07) is 14.8. The summed E-state index contributed by atoms with van der Waals surface area (Å²) >= 11 is 0. The summed E-state index contributed by atoms with van der Waals surface area (Å²) in [4.78, 5) is 12.4. The van der Waals surface area contributed by atoms with E-state index in [4.69, 9.17) is 5.11 Å². The van der Waals surface area contributed by atoms with E-state index in [0.717, 1.165) is 5.56 Å². The Balaban J connectivity index is 2.31. The number of rotatable bonds is 5. The van der Waals surface area contributed by atoms with E-state index >= 15 is 0 Å². The quantitative estimate of drug-likeness (QED) is 0.667. The van der Waals surface area contributed by atoms with Gasteiger partial charge in [-0.15, -0.1) is 0 Å². The standard InChI is InChI=1S/C17H15FO2/c18-16-8-6-13(7-9-16)12-15(10-11-19)17(20)14-4-2-1-3-5-14/h1-9,12,19H,10-11H2/b15-12-. The Morgan fingerprint density at radius 1 is 1.05 bits per heavy atom. The molecule has 0 aliphatic carbocycles. The highest BCUT2D eigenvalue weighted by atomic mass is 19.1. The lowest BCUT2D eigenvalue weighted by molar-refractivity contribution is 0.102. The van der Waals surface area contributed by atoms with E-state index in [1.54, 1.807) is 42.5 Å². The van der Waals surface area contributed by atoms with Gasteiger partial charge in [0.2, 0.25) is 0 Å². The second kappa shape index (κ2) is 6.78. The number of carbonyl (C=O) groups is 1. The third kappa shape index (κ3) is 3.62. The van der Waals surface area contributed by atoms with Gasteiger partial charge in [-0.05, 0) is 30.2 Å². The second-order valence-corrected chi connectivity index (χ2v) is 4.39. The molecule has 0 spiro atoms. The van der Waals surface area contributed by atoms with Crippen LogP contribution in [-0.2, 0) is 0 Å². The molecule has 102 valence electrons. The summed E-state index contributed by atoms with van der Waals surface area (Å²) < 4.78 is 12.9.